The van der Waals surface area contributed by atoms with Gasteiger partial charge in [0.15, 0.2) is 0 Å². The predicted molar refractivity (Wildman–Crippen MR) is 158 cm³/mol. The molecule has 36 heavy (non-hydrogen) atoms. The number of aliphatic hydroxyl groups excluding tert-OH is 1. The summed E-state index contributed by atoms with van der Waals surface area (Å²) >= 11 is 0. The quantitative estimate of drug-likeness (QED) is 0.0575. The third-order valence-corrected chi connectivity index (χ3v) is 7.46. The van der Waals surface area contributed by atoms with Gasteiger partial charge >= 0.3 is 5.97 Å². The second-order valence-corrected chi connectivity index (χ2v) is 11.0. The maximum Gasteiger partial charge on any atom is 0.330 e. The Hall–Kier alpha value is -0.830. The number of unbranched alkanes of at least 4 members (excludes halogenated alkanes) is 27. The van der Waals surface area contributed by atoms with Crippen LogP contribution in [-0.4, -0.2) is 24.3 Å². The lowest BCUT2D eigenvalue weighted by Crippen LogP contribution is -2.01. The van der Waals surface area contributed by atoms with E-state index in [0.717, 1.165) is 12.8 Å². The Morgan fingerprint density at radius 1 is 0.444 bits per heavy atom. The van der Waals surface area contributed by atoms with E-state index < -0.39 is 0 Å². The van der Waals surface area contributed by atoms with Gasteiger partial charge in [-0.15, -0.1) is 0 Å². The fraction of sp³-hybridized carbons (Fsp3) is 0.909. The number of rotatable bonds is 31. The molecule has 0 amide bonds. The molecule has 0 rings (SSSR count). The standard InChI is InChI=1S/C33H64O3/c1-2-33(35)36-32-30-28-26-24-22-20-18-16-14-12-10-8-6-4-3-5-7-9-11-13-15-17-19-21-23-25-27-29-31-34/h2,34H,1,3-32H2. The molecule has 0 unspecified atom stereocenters. The van der Waals surface area contributed by atoms with Crippen molar-refractivity contribution >= 4 is 5.97 Å². The van der Waals surface area contributed by atoms with Gasteiger partial charge in [-0.3, -0.25) is 0 Å². The molecule has 0 aromatic rings. The van der Waals surface area contributed by atoms with E-state index in [0.29, 0.717) is 13.2 Å². The van der Waals surface area contributed by atoms with Crippen molar-refractivity contribution in [2.75, 3.05) is 13.2 Å². The molecule has 0 bridgehead atoms. The Morgan fingerprint density at radius 3 is 0.889 bits per heavy atom. The molecule has 0 aliphatic heterocycles. The molecule has 0 aromatic carbocycles. The monoisotopic (exact) mass is 508 g/mol. The normalized spacial score (nSPS) is 11.1. The molecule has 0 saturated heterocycles. The Labute approximate surface area is 226 Å². The number of ether oxygens (including phenoxy) is 1. The lowest BCUT2D eigenvalue weighted by Gasteiger charge is -2.05. The van der Waals surface area contributed by atoms with Crippen LogP contribution < -0.4 is 0 Å². The Morgan fingerprint density at radius 2 is 0.667 bits per heavy atom. The summed E-state index contributed by atoms with van der Waals surface area (Å²) in [7, 11) is 0. The highest BCUT2D eigenvalue weighted by atomic mass is 16.5. The Bertz CT molecular complexity index is 435. The Kier molecular flexibility index (Phi) is 31.5. The lowest BCUT2D eigenvalue weighted by molar-refractivity contribution is -0.137. The second-order valence-electron chi connectivity index (χ2n) is 11.0. The minimum absolute atomic E-state index is 0.300. The summed E-state index contributed by atoms with van der Waals surface area (Å²) in [6.07, 6.45) is 39.5. The van der Waals surface area contributed by atoms with E-state index in [1.165, 1.54) is 173 Å². The topological polar surface area (TPSA) is 46.5 Å². The van der Waals surface area contributed by atoms with Crippen molar-refractivity contribution in [2.45, 2.75) is 180 Å². The van der Waals surface area contributed by atoms with Crippen LogP contribution in [0.25, 0.3) is 0 Å². The predicted octanol–water partition coefficient (Wildman–Crippen LogP) is 10.6. The first-order chi connectivity index (χ1) is 17.8. The fourth-order valence-electron chi connectivity index (χ4n) is 5.04. The van der Waals surface area contributed by atoms with Crippen molar-refractivity contribution in [3.05, 3.63) is 12.7 Å². The summed E-state index contributed by atoms with van der Waals surface area (Å²) in [6, 6.07) is 0. The first kappa shape index (κ1) is 35.2. The van der Waals surface area contributed by atoms with Crippen molar-refractivity contribution in [2.24, 2.45) is 0 Å². The van der Waals surface area contributed by atoms with Gasteiger partial charge in [0.25, 0.3) is 0 Å². The fourth-order valence-corrected chi connectivity index (χ4v) is 5.04. The van der Waals surface area contributed by atoms with E-state index in [9.17, 15) is 4.79 Å². The van der Waals surface area contributed by atoms with E-state index in [2.05, 4.69) is 6.58 Å². The van der Waals surface area contributed by atoms with E-state index >= 15 is 0 Å². The van der Waals surface area contributed by atoms with Gasteiger partial charge < -0.3 is 9.84 Å². The minimum atomic E-state index is -0.300. The maximum absolute atomic E-state index is 10.9. The van der Waals surface area contributed by atoms with Gasteiger partial charge in [0, 0.05) is 12.7 Å². The third-order valence-electron chi connectivity index (χ3n) is 7.46. The van der Waals surface area contributed by atoms with Crippen LogP contribution in [0.4, 0.5) is 0 Å². The summed E-state index contributed by atoms with van der Waals surface area (Å²) in [5.41, 5.74) is 0. The van der Waals surface area contributed by atoms with E-state index in [1.54, 1.807) is 0 Å². The largest absolute Gasteiger partial charge is 0.463 e. The SMILES string of the molecule is C=CC(=O)OCCCCCCCCCCCCCCCCCCCCCCCCCCCCCCO. The Balaban J connectivity index is 3.03. The lowest BCUT2D eigenvalue weighted by atomic mass is 10.0. The molecule has 0 spiro atoms. The minimum Gasteiger partial charge on any atom is -0.463 e. The summed E-state index contributed by atoms with van der Waals surface area (Å²) < 4.78 is 4.99. The highest BCUT2D eigenvalue weighted by Gasteiger charge is 1.98. The zero-order valence-electron chi connectivity index (χ0n) is 24.3. The molecule has 0 aliphatic carbocycles. The molecule has 0 atom stereocenters. The molecule has 3 heteroatoms. The number of carbonyl (C=O) groups excluding carboxylic acids is 1. The number of hydrogen-bond donors (Lipinski definition) is 1. The van der Waals surface area contributed by atoms with Crippen LogP contribution in [0.3, 0.4) is 0 Å². The van der Waals surface area contributed by atoms with Crippen LogP contribution in [0.1, 0.15) is 180 Å². The summed E-state index contributed by atoms with van der Waals surface area (Å²) in [5.74, 6) is -0.300. The molecule has 0 aliphatic rings. The molecule has 3 nitrogen and oxygen atoms in total. The van der Waals surface area contributed by atoms with Gasteiger partial charge in [-0.1, -0.05) is 174 Å². The van der Waals surface area contributed by atoms with Gasteiger partial charge in [0.05, 0.1) is 6.61 Å². The average Bonchev–Trinajstić information content (AvgIpc) is 2.89. The zero-order valence-corrected chi connectivity index (χ0v) is 24.3. The number of carbonyl (C=O) groups is 1. The van der Waals surface area contributed by atoms with Gasteiger partial charge in [-0.25, -0.2) is 4.79 Å². The molecular weight excluding hydrogens is 444 g/mol. The van der Waals surface area contributed by atoms with Crippen molar-refractivity contribution in [1.29, 1.82) is 0 Å². The molecule has 1 N–H and O–H groups in total. The van der Waals surface area contributed by atoms with E-state index in [-0.39, 0.29) is 5.97 Å². The van der Waals surface area contributed by atoms with Gasteiger partial charge in [-0.05, 0) is 12.8 Å². The maximum atomic E-state index is 10.9. The molecule has 0 fully saturated rings. The third kappa shape index (κ3) is 31.2. The van der Waals surface area contributed by atoms with Crippen molar-refractivity contribution < 1.29 is 14.6 Å². The summed E-state index contributed by atoms with van der Waals surface area (Å²) in [6.45, 7) is 4.31. The zero-order chi connectivity index (χ0) is 26.2. The molecule has 214 valence electrons. The van der Waals surface area contributed by atoms with Gasteiger partial charge in [0.2, 0.25) is 0 Å². The van der Waals surface area contributed by atoms with Crippen LogP contribution >= 0.6 is 0 Å². The van der Waals surface area contributed by atoms with Crippen LogP contribution in [0.15, 0.2) is 12.7 Å². The highest BCUT2D eigenvalue weighted by molar-refractivity contribution is 5.81. The molecule has 0 saturated carbocycles. The molecule has 0 radical (unpaired) electrons. The first-order valence-electron chi connectivity index (χ1n) is 16.2. The summed E-state index contributed by atoms with van der Waals surface area (Å²) in [5, 5.41) is 8.77. The number of aliphatic hydroxyl groups is 1. The summed E-state index contributed by atoms with van der Waals surface area (Å²) in [4.78, 5) is 10.9. The van der Waals surface area contributed by atoms with E-state index in [1.807, 2.05) is 0 Å². The molecule has 0 heterocycles. The van der Waals surface area contributed by atoms with Crippen LogP contribution in [0.5, 0.6) is 0 Å². The van der Waals surface area contributed by atoms with Crippen molar-refractivity contribution in [3.8, 4) is 0 Å². The average molecular weight is 509 g/mol. The first-order valence-corrected chi connectivity index (χ1v) is 16.2. The smallest absolute Gasteiger partial charge is 0.330 e. The van der Waals surface area contributed by atoms with Crippen LogP contribution in [0, 0.1) is 0 Å². The number of hydrogen-bond acceptors (Lipinski definition) is 3. The van der Waals surface area contributed by atoms with Gasteiger partial charge in [0.1, 0.15) is 0 Å². The van der Waals surface area contributed by atoms with Crippen LogP contribution in [-0.2, 0) is 9.53 Å². The second kappa shape index (κ2) is 32.2. The van der Waals surface area contributed by atoms with Crippen molar-refractivity contribution in [1.82, 2.24) is 0 Å². The van der Waals surface area contributed by atoms with E-state index in [4.69, 9.17) is 9.84 Å². The highest BCUT2D eigenvalue weighted by Crippen LogP contribution is 2.16. The number of esters is 1. The molecule has 0 aromatic heterocycles. The molecular formula is C33H64O3. The van der Waals surface area contributed by atoms with Crippen molar-refractivity contribution in [3.63, 3.8) is 0 Å². The van der Waals surface area contributed by atoms with Crippen LogP contribution in [0.2, 0.25) is 0 Å². The van der Waals surface area contributed by atoms with Gasteiger partial charge in [-0.2, -0.15) is 0 Å².